The second-order valence-corrected chi connectivity index (χ2v) is 5.30. The van der Waals surface area contributed by atoms with Crippen molar-refractivity contribution in [3.63, 3.8) is 0 Å². The Hall–Kier alpha value is -2.72. The van der Waals surface area contributed by atoms with E-state index in [0.717, 1.165) is 6.92 Å². The molecule has 120 valence electrons. The van der Waals surface area contributed by atoms with E-state index in [4.69, 9.17) is 11.0 Å². The fourth-order valence-corrected chi connectivity index (χ4v) is 2.69. The number of hydrogen-bond acceptors (Lipinski definition) is 6. The van der Waals surface area contributed by atoms with Crippen molar-refractivity contribution in [3.05, 3.63) is 29.8 Å². The van der Waals surface area contributed by atoms with Gasteiger partial charge in [0.05, 0.1) is 23.5 Å². The summed E-state index contributed by atoms with van der Waals surface area (Å²) in [6.45, 7) is 1.51. The third kappa shape index (κ3) is 3.55. The van der Waals surface area contributed by atoms with Crippen LogP contribution in [0.1, 0.15) is 18.9 Å². The molecule has 0 saturated carbocycles. The number of amides is 1. The average molecular weight is 315 g/mol. The highest BCUT2D eigenvalue weighted by Gasteiger charge is 2.41. The van der Waals surface area contributed by atoms with Crippen LogP contribution in [0.4, 0.5) is 5.69 Å². The highest BCUT2D eigenvalue weighted by molar-refractivity contribution is 6.00. The predicted octanol–water partition coefficient (Wildman–Crippen LogP) is 0.576. The molecule has 7 heteroatoms. The highest BCUT2D eigenvalue weighted by Crippen LogP contribution is 2.30. The number of rotatable bonds is 4. The van der Waals surface area contributed by atoms with Gasteiger partial charge in [-0.25, -0.2) is 0 Å². The molecule has 0 aliphatic carbocycles. The lowest BCUT2D eigenvalue weighted by molar-refractivity contribution is -0.163. The number of nitrogens with zero attached hydrogens (tertiary/aromatic N) is 2. The smallest absolute Gasteiger partial charge is 0.318 e. The van der Waals surface area contributed by atoms with Gasteiger partial charge in [0.15, 0.2) is 0 Å². The van der Waals surface area contributed by atoms with E-state index in [0.29, 0.717) is 24.2 Å². The second kappa shape index (κ2) is 7.03. The number of benzene rings is 1. The highest BCUT2D eigenvalue weighted by atomic mass is 16.6. The van der Waals surface area contributed by atoms with Gasteiger partial charge in [-0.15, -0.1) is 0 Å². The lowest BCUT2D eigenvalue weighted by Crippen LogP contribution is -2.38. The summed E-state index contributed by atoms with van der Waals surface area (Å²) in [6, 6.07) is 8.63. The predicted molar refractivity (Wildman–Crippen MR) is 80.9 cm³/mol. The van der Waals surface area contributed by atoms with Crippen molar-refractivity contribution < 1.29 is 19.1 Å². The summed E-state index contributed by atoms with van der Waals surface area (Å²) >= 11 is 0. The van der Waals surface area contributed by atoms with Crippen LogP contribution >= 0.6 is 0 Å². The molecule has 1 aliphatic rings. The Balaban J connectivity index is 2.14. The first-order valence-electron chi connectivity index (χ1n) is 7.21. The summed E-state index contributed by atoms with van der Waals surface area (Å²) < 4.78 is 4.57. The van der Waals surface area contributed by atoms with Crippen LogP contribution in [0.3, 0.4) is 0 Å². The number of esters is 2. The summed E-state index contributed by atoms with van der Waals surface area (Å²) in [6.07, 6.45) is 0.452. The SMILES string of the molecule is CC(=O)OC(=O)C(CN)C1CCN(c2ccc(C#N)cc2)C1=O. The molecule has 1 amide bonds. The van der Waals surface area contributed by atoms with Gasteiger partial charge in [0.25, 0.3) is 0 Å². The molecule has 23 heavy (non-hydrogen) atoms. The molecule has 2 atom stereocenters. The molecule has 1 saturated heterocycles. The first-order valence-corrected chi connectivity index (χ1v) is 7.21. The number of carbonyl (C=O) groups excluding carboxylic acids is 3. The summed E-state index contributed by atoms with van der Waals surface area (Å²) in [5.74, 6) is -3.16. The van der Waals surface area contributed by atoms with E-state index < -0.39 is 23.8 Å². The summed E-state index contributed by atoms with van der Waals surface area (Å²) in [5.41, 5.74) is 6.76. The van der Waals surface area contributed by atoms with Crippen molar-refractivity contribution >= 4 is 23.5 Å². The molecule has 0 bridgehead atoms. The van der Waals surface area contributed by atoms with Gasteiger partial charge in [-0.1, -0.05) is 0 Å². The third-order valence-corrected chi connectivity index (χ3v) is 3.84. The largest absolute Gasteiger partial charge is 0.393 e. The molecule has 1 heterocycles. The number of carbonyl (C=O) groups is 3. The van der Waals surface area contributed by atoms with Crippen molar-refractivity contribution in [1.29, 1.82) is 5.26 Å². The molecule has 1 aromatic carbocycles. The molecule has 2 N–H and O–H groups in total. The maximum atomic E-state index is 12.6. The van der Waals surface area contributed by atoms with Gasteiger partial charge < -0.3 is 15.4 Å². The number of anilines is 1. The van der Waals surface area contributed by atoms with E-state index >= 15 is 0 Å². The van der Waals surface area contributed by atoms with Gasteiger partial charge in [-0.3, -0.25) is 14.4 Å². The van der Waals surface area contributed by atoms with Gasteiger partial charge in [-0.2, -0.15) is 5.26 Å². The van der Waals surface area contributed by atoms with E-state index in [1.165, 1.54) is 0 Å². The van der Waals surface area contributed by atoms with E-state index in [-0.39, 0.29) is 12.5 Å². The van der Waals surface area contributed by atoms with E-state index in [1.54, 1.807) is 29.2 Å². The Bertz CT molecular complexity index is 663. The minimum absolute atomic E-state index is 0.0657. The molecule has 0 aromatic heterocycles. The lowest BCUT2D eigenvalue weighted by Gasteiger charge is -2.20. The standard InChI is InChI=1S/C16H17N3O4/c1-10(20)23-16(22)14(9-18)13-6-7-19(15(13)21)12-4-2-11(8-17)3-5-12/h2-5,13-14H,6-7,9,18H2,1H3. The average Bonchev–Trinajstić information content (AvgIpc) is 2.89. The minimum atomic E-state index is -0.838. The van der Waals surface area contributed by atoms with Crippen molar-refractivity contribution in [3.8, 4) is 6.07 Å². The van der Waals surface area contributed by atoms with Crippen molar-refractivity contribution in [2.24, 2.45) is 17.6 Å². The van der Waals surface area contributed by atoms with Crippen LogP contribution in [0.15, 0.2) is 24.3 Å². The van der Waals surface area contributed by atoms with Gasteiger partial charge >= 0.3 is 11.9 Å². The molecule has 1 aliphatic heterocycles. The van der Waals surface area contributed by atoms with E-state index in [2.05, 4.69) is 4.74 Å². The molecule has 0 spiro atoms. The molecule has 7 nitrogen and oxygen atoms in total. The molecule has 2 rings (SSSR count). The minimum Gasteiger partial charge on any atom is -0.393 e. The van der Waals surface area contributed by atoms with Gasteiger partial charge in [0, 0.05) is 25.7 Å². The topological polar surface area (TPSA) is 113 Å². The van der Waals surface area contributed by atoms with Crippen LogP contribution in [-0.2, 0) is 19.1 Å². The zero-order chi connectivity index (χ0) is 17.0. The fourth-order valence-electron chi connectivity index (χ4n) is 2.69. The maximum Gasteiger partial charge on any atom is 0.318 e. The third-order valence-electron chi connectivity index (χ3n) is 3.84. The van der Waals surface area contributed by atoms with Crippen molar-refractivity contribution in [2.45, 2.75) is 13.3 Å². The Morgan fingerprint density at radius 2 is 2.09 bits per heavy atom. The number of nitriles is 1. The Kier molecular flexibility index (Phi) is 5.09. The molecule has 2 unspecified atom stereocenters. The Labute approximate surface area is 133 Å². The van der Waals surface area contributed by atoms with Crippen LogP contribution in [0, 0.1) is 23.2 Å². The number of ether oxygens (including phenoxy) is 1. The lowest BCUT2D eigenvalue weighted by atomic mass is 9.91. The summed E-state index contributed by atoms with van der Waals surface area (Å²) in [7, 11) is 0. The molecule has 1 fully saturated rings. The zero-order valence-corrected chi connectivity index (χ0v) is 12.7. The Morgan fingerprint density at radius 3 is 2.61 bits per heavy atom. The van der Waals surface area contributed by atoms with Crippen LogP contribution in [0.5, 0.6) is 0 Å². The fraction of sp³-hybridized carbons (Fsp3) is 0.375. The zero-order valence-electron chi connectivity index (χ0n) is 12.7. The monoisotopic (exact) mass is 315 g/mol. The number of hydrogen-bond donors (Lipinski definition) is 1. The normalized spacial score (nSPS) is 18.4. The first kappa shape index (κ1) is 16.6. The van der Waals surface area contributed by atoms with Gasteiger partial charge in [0.2, 0.25) is 5.91 Å². The van der Waals surface area contributed by atoms with Gasteiger partial charge in [0.1, 0.15) is 0 Å². The molecule has 0 radical (unpaired) electrons. The van der Waals surface area contributed by atoms with E-state index in [9.17, 15) is 14.4 Å². The quantitative estimate of drug-likeness (QED) is 0.642. The Morgan fingerprint density at radius 1 is 1.43 bits per heavy atom. The maximum absolute atomic E-state index is 12.6. The molecular weight excluding hydrogens is 298 g/mol. The first-order chi connectivity index (χ1) is 11.0. The summed E-state index contributed by atoms with van der Waals surface area (Å²) in [5, 5.41) is 8.80. The van der Waals surface area contributed by atoms with Crippen LogP contribution < -0.4 is 10.6 Å². The molecular formula is C16H17N3O4. The van der Waals surface area contributed by atoms with Crippen LogP contribution in [0.2, 0.25) is 0 Å². The van der Waals surface area contributed by atoms with Crippen LogP contribution in [0.25, 0.3) is 0 Å². The number of nitrogens with two attached hydrogens (primary N) is 1. The van der Waals surface area contributed by atoms with Crippen molar-refractivity contribution in [2.75, 3.05) is 18.0 Å². The van der Waals surface area contributed by atoms with Crippen molar-refractivity contribution in [1.82, 2.24) is 0 Å². The summed E-state index contributed by atoms with van der Waals surface area (Å²) in [4.78, 5) is 36.9. The second-order valence-electron chi connectivity index (χ2n) is 5.30. The molecule has 1 aromatic rings. The van der Waals surface area contributed by atoms with Gasteiger partial charge in [-0.05, 0) is 30.7 Å². The van der Waals surface area contributed by atoms with Crippen LogP contribution in [-0.4, -0.2) is 30.9 Å². The van der Waals surface area contributed by atoms with E-state index in [1.807, 2.05) is 6.07 Å².